The number of ether oxygens (including phenoxy) is 1. The van der Waals surface area contributed by atoms with E-state index in [0.29, 0.717) is 23.6 Å². The number of rotatable bonds is 7. The highest BCUT2D eigenvalue weighted by atomic mass is 19.1. The molecule has 10 heteroatoms. The van der Waals surface area contributed by atoms with Gasteiger partial charge in [0.1, 0.15) is 17.4 Å². The Kier molecular flexibility index (Phi) is 7.87. The molecule has 0 aromatic heterocycles. The smallest absolute Gasteiger partial charge is 0.284 e. The first-order valence-corrected chi connectivity index (χ1v) is 14.7. The normalized spacial score (nSPS) is 18.8. The van der Waals surface area contributed by atoms with Crippen molar-refractivity contribution in [3.63, 3.8) is 0 Å². The van der Waals surface area contributed by atoms with Crippen LogP contribution in [0.1, 0.15) is 30.4 Å². The van der Waals surface area contributed by atoms with Crippen LogP contribution in [-0.2, 0) is 15.1 Å². The van der Waals surface area contributed by atoms with Crippen LogP contribution < -0.4 is 9.64 Å². The molecule has 1 fully saturated rings. The zero-order valence-electron chi connectivity index (χ0n) is 24.4. The molecule has 0 N–H and O–H groups in total. The largest absolute Gasteiger partial charge is 0.482 e. The van der Waals surface area contributed by atoms with E-state index >= 15 is 0 Å². The Labute approximate surface area is 250 Å². The number of likely N-dealkylation sites (tertiary alicyclic amines) is 1. The number of hydrogen-bond donors (Lipinski definition) is 0. The summed E-state index contributed by atoms with van der Waals surface area (Å²) in [6.07, 6.45) is 2.43. The predicted octanol–water partition coefficient (Wildman–Crippen LogP) is 4.25. The number of carbonyl (C=O) groups is 2. The van der Waals surface area contributed by atoms with Crippen molar-refractivity contribution in [2.24, 2.45) is 4.99 Å². The van der Waals surface area contributed by atoms with E-state index in [9.17, 15) is 18.4 Å². The fourth-order valence-corrected chi connectivity index (χ4v) is 6.59. The second kappa shape index (κ2) is 11.8. The number of aliphatic imine (C=N–C) groups is 1. The van der Waals surface area contributed by atoms with Gasteiger partial charge in [0.15, 0.2) is 12.1 Å². The first-order valence-electron chi connectivity index (χ1n) is 14.7. The van der Waals surface area contributed by atoms with E-state index in [0.717, 1.165) is 50.3 Å². The number of hydrogen-bond acceptors (Lipinski definition) is 6. The molecule has 1 saturated heterocycles. The summed E-state index contributed by atoms with van der Waals surface area (Å²) in [6.45, 7) is 3.02. The minimum Gasteiger partial charge on any atom is -0.482 e. The number of piperidine rings is 1. The van der Waals surface area contributed by atoms with Gasteiger partial charge in [0, 0.05) is 39.8 Å². The third-order valence-electron chi connectivity index (χ3n) is 8.60. The molecule has 0 saturated carbocycles. The number of carbonyl (C=O) groups excluding carboxylic acids is 2. The van der Waals surface area contributed by atoms with Crippen molar-refractivity contribution in [3.8, 4) is 5.75 Å². The Morgan fingerprint density at radius 1 is 0.884 bits per heavy atom. The maximum Gasteiger partial charge on any atom is 0.284 e. The predicted molar refractivity (Wildman–Crippen MR) is 160 cm³/mol. The summed E-state index contributed by atoms with van der Waals surface area (Å²) in [5.41, 5.74) is 0.632. The highest BCUT2D eigenvalue weighted by molar-refractivity contribution is 6.08. The Morgan fingerprint density at radius 3 is 2.09 bits per heavy atom. The molecule has 3 aliphatic rings. The van der Waals surface area contributed by atoms with Gasteiger partial charge in [-0.3, -0.25) is 9.59 Å². The highest BCUT2D eigenvalue weighted by Crippen LogP contribution is 2.42. The van der Waals surface area contributed by atoms with Crippen molar-refractivity contribution in [1.29, 1.82) is 0 Å². The van der Waals surface area contributed by atoms with Crippen LogP contribution in [0.5, 0.6) is 5.75 Å². The van der Waals surface area contributed by atoms with E-state index in [-0.39, 0.29) is 18.6 Å². The zero-order chi connectivity index (χ0) is 30.1. The van der Waals surface area contributed by atoms with Gasteiger partial charge in [-0.05, 0) is 73.3 Å². The lowest BCUT2D eigenvalue weighted by molar-refractivity contribution is -0.124. The van der Waals surface area contributed by atoms with E-state index in [4.69, 9.17) is 4.74 Å². The van der Waals surface area contributed by atoms with Gasteiger partial charge in [0.25, 0.3) is 11.8 Å². The molecule has 0 unspecified atom stereocenters. The molecule has 0 spiro atoms. The van der Waals surface area contributed by atoms with Crippen molar-refractivity contribution in [3.05, 3.63) is 95.6 Å². The summed E-state index contributed by atoms with van der Waals surface area (Å²) in [5.74, 6) is 0.0227. The summed E-state index contributed by atoms with van der Waals surface area (Å²) >= 11 is 0. The van der Waals surface area contributed by atoms with Crippen LogP contribution in [0.15, 0.2) is 77.8 Å². The molecule has 6 rings (SSSR count). The topological polar surface area (TPSA) is 68.7 Å². The van der Waals surface area contributed by atoms with Gasteiger partial charge in [-0.1, -0.05) is 36.4 Å². The van der Waals surface area contributed by atoms with E-state index in [1.54, 1.807) is 29.2 Å². The van der Waals surface area contributed by atoms with Crippen LogP contribution in [0.25, 0.3) is 0 Å². The highest BCUT2D eigenvalue weighted by Gasteiger charge is 2.53. The Balaban J connectivity index is 1.19. The average molecular weight is 588 g/mol. The van der Waals surface area contributed by atoms with Gasteiger partial charge in [0.2, 0.25) is 5.96 Å². The van der Waals surface area contributed by atoms with Gasteiger partial charge >= 0.3 is 0 Å². The summed E-state index contributed by atoms with van der Waals surface area (Å²) < 4.78 is 33.6. The lowest BCUT2D eigenvalue weighted by Crippen LogP contribution is -2.53. The van der Waals surface area contributed by atoms with E-state index < -0.39 is 23.1 Å². The second-order valence-electron chi connectivity index (χ2n) is 11.4. The van der Waals surface area contributed by atoms with Crippen molar-refractivity contribution in [2.45, 2.75) is 30.8 Å². The first-order chi connectivity index (χ1) is 20.8. The monoisotopic (exact) mass is 587 g/mol. The molecular weight excluding hydrogens is 552 g/mol. The number of nitrogens with zero attached hydrogens (tertiary/aromatic N) is 5. The Hall–Kier alpha value is -4.31. The van der Waals surface area contributed by atoms with Crippen LogP contribution in [0.2, 0.25) is 0 Å². The number of fused-ring (bicyclic) bond motifs is 1. The van der Waals surface area contributed by atoms with Crippen molar-refractivity contribution < 1.29 is 23.1 Å². The number of guanidine groups is 1. The number of para-hydroxylation sites is 2. The molecule has 43 heavy (non-hydrogen) atoms. The third kappa shape index (κ3) is 5.24. The van der Waals surface area contributed by atoms with Crippen molar-refractivity contribution >= 4 is 23.5 Å². The van der Waals surface area contributed by atoms with Crippen LogP contribution in [0.4, 0.5) is 14.5 Å². The molecular formula is C33H35F2N5O3. The summed E-state index contributed by atoms with van der Waals surface area (Å²) in [7, 11) is 3.67. The van der Waals surface area contributed by atoms with Crippen LogP contribution >= 0.6 is 0 Å². The van der Waals surface area contributed by atoms with Gasteiger partial charge in [-0.25, -0.2) is 8.78 Å². The van der Waals surface area contributed by atoms with Crippen LogP contribution in [0.3, 0.4) is 0 Å². The lowest BCUT2D eigenvalue weighted by Gasteiger charge is -2.42. The van der Waals surface area contributed by atoms with Gasteiger partial charge in [-0.2, -0.15) is 4.99 Å². The summed E-state index contributed by atoms with van der Waals surface area (Å²) in [5, 5.41) is 0. The Bertz CT molecular complexity index is 1470. The Morgan fingerprint density at radius 2 is 1.49 bits per heavy atom. The van der Waals surface area contributed by atoms with Crippen molar-refractivity contribution in [2.75, 3.05) is 51.8 Å². The van der Waals surface area contributed by atoms with Gasteiger partial charge in [-0.15, -0.1) is 0 Å². The molecule has 0 aliphatic carbocycles. The summed E-state index contributed by atoms with van der Waals surface area (Å²) in [6, 6.07) is 19.5. The third-order valence-corrected chi connectivity index (χ3v) is 8.60. The minimum absolute atomic E-state index is 0.00993. The number of benzene rings is 3. The standard InChI is InChI=1S/C33H35F2N5O3/c1-37(2)32-36-31(42)33(23-8-12-25(34)13-9-23,24-10-14-26(35)15-11-24)39(32)19-5-18-38-20-16-27(17-21-38)40-28-6-3-4-7-29(28)43-22-30(40)41/h3-4,6-15,27H,5,16-22H2,1-2H3. The molecule has 3 aromatic rings. The maximum atomic E-state index is 14.0. The van der Waals surface area contributed by atoms with Crippen molar-refractivity contribution in [1.82, 2.24) is 14.7 Å². The lowest BCUT2D eigenvalue weighted by atomic mass is 9.81. The molecule has 0 atom stereocenters. The first kappa shape index (κ1) is 28.8. The zero-order valence-corrected chi connectivity index (χ0v) is 24.4. The molecule has 0 radical (unpaired) electrons. The molecule has 2 amide bonds. The number of amides is 2. The average Bonchev–Trinajstić information content (AvgIpc) is 3.31. The van der Waals surface area contributed by atoms with Crippen LogP contribution in [-0.4, -0.2) is 85.4 Å². The molecule has 3 aliphatic heterocycles. The fraction of sp³-hybridized carbons (Fsp3) is 0.364. The van der Waals surface area contributed by atoms with E-state index in [2.05, 4.69) is 9.89 Å². The van der Waals surface area contributed by atoms with E-state index in [1.807, 2.05) is 48.2 Å². The summed E-state index contributed by atoms with van der Waals surface area (Å²) in [4.78, 5) is 39.2. The molecule has 3 aromatic carbocycles. The van der Waals surface area contributed by atoms with Gasteiger partial charge in [0.05, 0.1) is 5.69 Å². The minimum atomic E-state index is -1.35. The molecule has 3 heterocycles. The van der Waals surface area contributed by atoms with Gasteiger partial charge < -0.3 is 24.3 Å². The molecule has 8 nitrogen and oxygen atoms in total. The fourth-order valence-electron chi connectivity index (χ4n) is 6.59. The quantitative estimate of drug-likeness (QED) is 0.412. The molecule has 224 valence electrons. The molecule has 0 bridgehead atoms. The second-order valence-corrected chi connectivity index (χ2v) is 11.4. The number of halogens is 2. The number of anilines is 1. The maximum absolute atomic E-state index is 14.0. The van der Waals surface area contributed by atoms with Crippen LogP contribution in [0, 0.1) is 11.6 Å². The van der Waals surface area contributed by atoms with E-state index in [1.165, 1.54) is 24.3 Å². The SMILES string of the molecule is CN(C)C1=NC(=O)C(c2ccc(F)cc2)(c2ccc(F)cc2)N1CCCN1CCC(N2C(=O)COc3ccccc32)CC1.